The maximum atomic E-state index is 12.5. The van der Waals surface area contributed by atoms with E-state index in [1.165, 1.54) is 13.2 Å². The molecule has 3 rings (SSSR count). The van der Waals surface area contributed by atoms with Gasteiger partial charge in [0.05, 0.1) is 7.11 Å². The Balaban J connectivity index is 1.67. The number of hydrogen-bond acceptors (Lipinski definition) is 7. The Hall–Kier alpha value is -3.42. The Labute approximate surface area is 168 Å². The summed E-state index contributed by atoms with van der Waals surface area (Å²) in [5.74, 6) is -0.0201. The quantitative estimate of drug-likeness (QED) is 0.582. The molecular formula is C21H23N3O5. The molecule has 0 aliphatic heterocycles. The molecule has 2 atom stereocenters. The highest BCUT2D eigenvalue weighted by molar-refractivity contribution is 5.95. The predicted octanol–water partition coefficient (Wildman–Crippen LogP) is 3.12. The fourth-order valence-corrected chi connectivity index (χ4v) is 2.87. The maximum Gasteiger partial charge on any atom is 0.328 e. The number of benzene rings is 1. The molecule has 0 aliphatic carbocycles. The van der Waals surface area contributed by atoms with E-state index >= 15 is 0 Å². The summed E-state index contributed by atoms with van der Waals surface area (Å²) in [5, 5.41) is 8.33. The maximum absolute atomic E-state index is 12.5. The van der Waals surface area contributed by atoms with Crippen LogP contribution in [0.3, 0.4) is 0 Å². The summed E-state index contributed by atoms with van der Waals surface area (Å²) >= 11 is 0. The number of carbonyl (C=O) groups is 2. The third-order valence-electron chi connectivity index (χ3n) is 4.76. The van der Waals surface area contributed by atoms with Gasteiger partial charge < -0.3 is 19.3 Å². The van der Waals surface area contributed by atoms with Crippen LogP contribution in [0.25, 0.3) is 10.8 Å². The van der Waals surface area contributed by atoms with Crippen LogP contribution in [-0.2, 0) is 16.1 Å². The van der Waals surface area contributed by atoms with Crippen LogP contribution in [0.1, 0.15) is 36.5 Å². The van der Waals surface area contributed by atoms with Crippen molar-refractivity contribution >= 4 is 22.6 Å². The van der Waals surface area contributed by atoms with Crippen molar-refractivity contribution in [2.24, 2.45) is 5.92 Å². The summed E-state index contributed by atoms with van der Waals surface area (Å²) in [6.45, 7) is 3.90. The van der Waals surface area contributed by atoms with Crippen molar-refractivity contribution in [2.75, 3.05) is 7.11 Å². The molecule has 1 amide bonds. The molecule has 0 fully saturated rings. The highest BCUT2D eigenvalue weighted by Crippen LogP contribution is 2.25. The lowest BCUT2D eigenvalue weighted by Crippen LogP contribution is -2.45. The molecule has 2 heterocycles. The van der Waals surface area contributed by atoms with Crippen LogP contribution >= 0.6 is 0 Å². The van der Waals surface area contributed by atoms with Crippen LogP contribution in [0.2, 0.25) is 0 Å². The standard InChI is InChI=1S/C21H23N3O5/c1-4-13(2)19(21(26)27-3)23-20(25)17-10-15(29-24-17)12-28-18-7-5-6-14-11-22-9-8-16(14)18/h5-11,13,19H,4,12H2,1-3H3,(H,23,25)/t13-,19-/m0/s1. The molecule has 0 radical (unpaired) electrons. The first kappa shape index (κ1) is 20.3. The van der Waals surface area contributed by atoms with Gasteiger partial charge in [-0.2, -0.15) is 0 Å². The molecule has 29 heavy (non-hydrogen) atoms. The fraction of sp³-hybridized carbons (Fsp3) is 0.333. The molecule has 0 bridgehead atoms. The zero-order chi connectivity index (χ0) is 20.8. The Morgan fingerprint density at radius 2 is 2.10 bits per heavy atom. The molecule has 0 saturated carbocycles. The second kappa shape index (κ2) is 9.18. The first-order valence-corrected chi connectivity index (χ1v) is 9.33. The van der Waals surface area contributed by atoms with Crippen molar-refractivity contribution in [3.05, 3.63) is 54.2 Å². The van der Waals surface area contributed by atoms with E-state index < -0.39 is 17.9 Å². The molecule has 8 nitrogen and oxygen atoms in total. The van der Waals surface area contributed by atoms with Gasteiger partial charge in [-0.1, -0.05) is 37.6 Å². The molecule has 0 spiro atoms. The lowest BCUT2D eigenvalue weighted by Gasteiger charge is -2.21. The lowest BCUT2D eigenvalue weighted by atomic mass is 9.99. The van der Waals surface area contributed by atoms with Gasteiger partial charge in [0.25, 0.3) is 5.91 Å². The first-order chi connectivity index (χ1) is 14.0. The largest absolute Gasteiger partial charge is 0.485 e. The first-order valence-electron chi connectivity index (χ1n) is 9.33. The summed E-state index contributed by atoms with van der Waals surface area (Å²) in [5.41, 5.74) is 0.0722. The van der Waals surface area contributed by atoms with Gasteiger partial charge in [-0.25, -0.2) is 4.79 Å². The number of pyridine rings is 1. The SMILES string of the molecule is CC[C@H](C)[C@H](NC(=O)c1cc(COc2cccc3cnccc23)on1)C(=O)OC. The van der Waals surface area contributed by atoms with Crippen molar-refractivity contribution < 1.29 is 23.6 Å². The molecule has 1 aromatic carbocycles. The van der Waals surface area contributed by atoms with Gasteiger partial charge >= 0.3 is 5.97 Å². The number of ether oxygens (including phenoxy) is 2. The van der Waals surface area contributed by atoms with Crippen LogP contribution in [-0.4, -0.2) is 35.2 Å². The van der Waals surface area contributed by atoms with Crippen LogP contribution in [0.5, 0.6) is 5.75 Å². The summed E-state index contributed by atoms with van der Waals surface area (Å²) in [4.78, 5) is 28.5. The minimum Gasteiger partial charge on any atom is -0.485 e. The molecule has 0 unspecified atom stereocenters. The summed E-state index contributed by atoms with van der Waals surface area (Å²) in [6, 6.07) is 8.28. The molecule has 0 aliphatic rings. The number of amides is 1. The van der Waals surface area contributed by atoms with Crippen LogP contribution in [0.4, 0.5) is 0 Å². The third-order valence-corrected chi connectivity index (χ3v) is 4.76. The van der Waals surface area contributed by atoms with Crippen LogP contribution < -0.4 is 10.1 Å². The number of fused-ring (bicyclic) bond motifs is 1. The van der Waals surface area contributed by atoms with E-state index in [1.807, 2.05) is 38.1 Å². The zero-order valence-electron chi connectivity index (χ0n) is 16.5. The third kappa shape index (κ3) is 4.71. The van der Waals surface area contributed by atoms with E-state index in [-0.39, 0.29) is 18.2 Å². The molecule has 3 aromatic rings. The number of nitrogens with one attached hydrogen (secondary N) is 1. The molecule has 1 N–H and O–H groups in total. The van der Waals surface area contributed by atoms with Crippen molar-refractivity contribution in [3.8, 4) is 5.75 Å². The molecule has 152 valence electrons. The number of nitrogens with zero attached hydrogens (tertiary/aromatic N) is 2. The molecule has 2 aromatic heterocycles. The normalized spacial score (nSPS) is 12.9. The summed E-state index contributed by atoms with van der Waals surface area (Å²) < 4.78 is 15.8. The molecule has 8 heteroatoms. The number of esters is 1. The van der Waals surface area contributed by atoms with Gasteiger partial charge in [0.1, 0.15) is 18.4 Å². The lowest BCUT2D eigenvalue weighted by molar-refractivity contribution is -0.144. The van der Waals surface area contributed by atoms with E-state index in [4.69, 9.17) is 14.0 Å². The van der Waals surface area contributed by atoms with E-state index in [9.17, 15) is 9.59 Å². The van der Waals surface area contributed by atoms with Crippen LogP contribution in [0.15, 0.2) is 47.2 Å². The smallest absolute Gasteiger partial charge is 0.328 e. The van der Waals surface area contributed by atoms with Gasteiger partial charge in [-0.15, -0.1) is 0 Å². The number of carbonyl (C=O) groups excluding carboxylic acids is 2. The minimum atomic E-state index is -0.752. The van der Waals surface area contributed by atoms with Crippen molar-refractivity contribution in [2.45, 2.75) is 32.9 Å². The Morgan fingerprint density at radius 3 is 2.86 bits per heavy atom. The van der Waals surface area contributed by atoms with E-state index in [0.29, 0.717) is 17.9 Å². The Kier molecular flexibility index (Phi) is 6.43. The monoisotopic (exact) mass is 397 g/mol. The number of methoxy groups -OCH3 is 1. The van der Waals surface area contributed by atoms with Crippen LogP contribution in [0, 0.1) is 5.92 Å². The van der Waals surface area contributed by atoms with Gasteiger partial charge in [0, 0.05) is 29.2 Å². The van der Waals surface area contributed by atoms with Gasteiger partial charge in [-0.05, 0) is 18.1 Å². The van der Waals surface area contributed by atoms with Gasteiger partial charge in [0.15, 0.2) is 11.5 Å². The summed E-state index contributed by atoms with van der Waals surface area (Å²) in [7, 11) is 1.29. The zero-order valence-corrected chi connectivity index (χ0v) is 16.5. The van der Waals surface area contributed by atoms with Gasteiger partial charge in [0.2, 0.25) is 0 Å². The highest BCUT2D eigenvalue weighted by Gasteiger charge is 2.28. The van der Waals surface area contributed by atoms with E-state index in [0.717, 1.165) is 10.8 Å². The van der Waals surface area contributed by atoms with Crippen molar-refractivity contribution in [1.82, 2.24) is 15.5 Å². The minimum absolute atomic E-state index is 0.0722. The van der Waals surface area contributed by atoms with E-state index in [2.05, 4.69) is 15.5 Å². The number of hydrogen-bond donors (Lipinski definition) is 1. The topological polar surface area (TPSA) is 104 Å². The fourth-order valence-electron chi connectivity index (χ4n) is 2.87. The van der Waals surface area contributed by atoms with Gasteiger partial charge in [-0.3, -0.25) is 9.78 Å². The van der Waals surface area contributed by atoms with Crippen molar-refractivity contribution in [3.63, 3.8) is 0 Å². The number of aromatic nitrogens is 2. The second-order valence-electron chi connectivity index (χ2n) is 6.68. The highest BCUT2D eigenvalue weighted by atomic mass is 16.5. The van der Waals surface area contributed by atoms with E-state index in [1.54, 1.807) is 12.4 Å². The molecule has 0 saturated heterocycles. The Bertz CT molecular complexity index is 995. The summed E-state index contributed by atoms with van der Waals surface area (Å²) in [6.07, 6.45) is 4.16. The van der Waals surface area contributed by atoms with Crippen molar-refractivity contribution in [1.29, 1.82) is 0 Å². The average Bonchev–Trinajstić information content (AvgIpc) is 3.24. The molecular weight excluding hydrogens is 374 g/mol. The average molecular weight is 397 g/mol. The Morgan fingerprint density at radius 1 is 1.28 bits per heavy atom. The second-order valence-corrected chi connectivity index (χ2v) is 6.68. The number of rotatable bonds is 8. The predicted molar refractivity (Wildman–Crippen MR) is 105 cm³/mol.